The van der Waals surface area contributed by atoms with Crippen LogP contribution in [0.4, 0.5) is 8.78 Å². The Bertz CT molecular complexity index is 288. The first kappa shape index (κ1) is 20.7. The van der Waals surface area contributed by atoms with Crippen molar-refractivity contribution in [1.82, 2.24) is 0 Å². The molecule has 0 rings (SSSR count). The Hall–Kier alpha value is -0.320. The van der Waals surface area contributed by atoms with E-state index in [0.29, 0.717) is 6.42 Å². The van der Waals surface area contributed by atoms with E-state index in [2.05, 4.69) is 0 Å². The number of thioether (sulfide) groups is 1. The molecule has 0 spiro atoms. The lowest BCUT2D eigenvalue weighted by atomic mass is 10.1. The van der Waals surface area contributed by atoms with Crippen LogP contribution in [-0.2, 0) is 9.53 Å². The molecule has 1 unspecified atom stereocenters. The molecule has 0 aromatic rings. The van der Waals surface area contributed by atoms with Gasteiger partial charge in [-0.05, 0) is 45.3 Å². The van der Waals surface area contributed by atoms with Gasteiger partial charge in [-0.2, -0.15) is 0 Å². The Morgan fingerprint density at radius 2 is 1.67 bits per heavy atom. The first-order valence-electron chi connectivity index (χ1n) is 7.76. The zero-order valence-corrected chi connectivity index (χ0v) is 14.8. The standard InChI is InChI=1S/C16H30F2O2S/c1-12(2)14(15(19)20-16(3,4)5)21-11-9-7-6-8-10-13(17)18/h12-14H,6-11H2,1-5H3. The molecule has 21 heavy (non-hydrogen) atoms. The topological polar surface area (TPSA) is 26.3 Å². The molecule has 1 atom stereocenters. The normalized spacial score (nSPS) is 13.8. The number of halogens is 2. The fraction of sp³-hybridized carbons (Fsp3) is 0.938. The molecule has 0 saturated carbocycles. The summed E-state index contributed by atoms with van der Waals surface area (Å²) in [5.74, 6) is 0.945. The second-order valence-corrected chi connectivity index (χ2v) is 7.91. The Morgan fingerprint density at radius 1 is 1.10 bits per heavy atom. The minimum absolute atomic E-state index is 0.000327. The molecule has 0 aliphatic heterocycles. The summed E-state index contributed by atoms with van der Waals surface area (Å²) in [6.07, 6.45) is 1.14. The number of hydrogen-bond acceptors (Lipinski definition) is 3. The predicted molar refractivity (Wildman–Crippen MR) is 86.0 cm³/mol. The van der Waals surface area contributed by atoms with E-state index in [9.17, 15) is 13.6 Å². The van der Waals surface area contributed by atoms with Gasteiger partial charge in [0.1, 0.15) is 10.9 Å². The van der Waals surface area contributed by atoms with Gasteiger partial charge >= 0.3 is 5.97 Å². The highest BCUT2D eigenvalue weighted by molar-refractivity contribution is 8.00. The highest BCUT2D eigenvalue weighted by Gasteiger charge is 2.27. The maximum Gasteiger partial charge on any atom is 0.319 e. The molecular weight excluding hydrogens is 294 g/mol. The summed E-state index contributed by atoms with van der Waals surface area (Å²) < 4.78 is 29.4. The minimum Gasteiger partial charge on any atom is -0.459 e. The van der Waals surface area contributed by atoms with Crippen molar-refractivity contribution >= 4 is 17.7 Å². The third-order valence-corrected chi connectivity index (χ3v) is 4.48. The molecule has 0 saturated heterocycles. The Kier molecular flexibility index (Phi) is 10.3. The third-order valence-electron chi connectivity index (χ3n) is 2.86. The summed E-state index contributed by atoms with van der Waals surface area (Å²) in [6.45, 7) is 9.65. The number of alkyl halides is 2. The molecule has 5 heteroatoms. The summed E-state index contributed by atoms with van der Waals surface area (Å²) in [6, 6.07) is 0. The van der Waals surface area contributed by atoms with Crippen LogP contribution in [0.2, 0.25) is 0 Å². The van der Waals surface area contributed by atoms with Crippen LogP contribution in [0.5, 0.6) is 0 Å². The van der Waals surface area contributed by atoms with Crippen LogP contribution < -0.4 is 0 Å². The Morgan fingerprint density at radius 3 is 2.14 bits per heavy atom. The van der Waals surface area contributed by atoms with Crippen LogP contribution in [0.25, 0.3) is 0 Å². The van der Waals surface area contributed by atoms with Crippen molar-refractivity contribution in [2.45, 2.75) is 84.0 Å². The molecule has 0 amide bonds. The molecule has 2 nitrogen and oxygen atoms in total. The van der Waals surface area contributed by atoms with Gasteiger partial charge in [-0.1, -0.05) is 26.7 Å². The van der Waals surface area contributed by atoms with Crippen LogP contribution in [0.15, 0.2) is 0 Å². The Balaban J connectivity index is 3.93. The Labute approximate surface area is 132 Å². The van der Waals surface area contributed by atoms with E-state index in [0.717, 1.165) is 25.0 Å². The number of carbonyl (C=O) groups is 1. The molecule has 0 aliphatic carbocycles. The maximum absolute atomic E-state index is 12.1. The molecule has 126 valence electrons. The SMILES string of the molecule is CC(C)C(SCCCCCCC(F)F)C(=O)OC(C)(C)C. The van der Waals surface area contributed by atoms with E-state index in [1.807, 2.05) is 34.6 Å². The van der Waals surface area contributed by atoms with E-state index >= 15 is 0 Å². The number of esters is 1. The average molecular weight is 324 g/mol. The second kappa shape index (κ2) is 10.4. The summed E-state index contributed by atoms with van der Waals surface area (Å²) in [5, 5.41) is -0.148. The summed E-state index contributed by atoms with van der Waals surface area (Å²) in [5.41, 5.74) is -0.458. The van der Waals surface area contributed by atoms with Gasteiger partial charge in [0.25, 0.3) is 0 Å². The van der Waals surface area contributed by atoms with Crippen LogP contribution in [-0.4, -0.2) is 29.0 Å². The molecule has 0 heterocycles. The minimum atomic E-state index is -2.18. The van der Waals surface area contributed by atoms with Crippen molar-refractivity contribution in [2.75, 3.05) is 5.75 Å². The van der Waals surface area contributed by atoms with Gasteiger partial charge in [0, 0.05) is 6.42 Å². The maximum atomic E-state index is 12.1. The van der Waals surface area contributed by atoms with Gasteiger partial charge in [-0.15, -0.1) is 11.8 Å². The number of carbonyl (C=O) groups excluding carboxylic acids is 1. The lowest BCUT2D eigenvalue weighted by Crippen LogP contribution is -2.33. The van der Waals surface area contributed by atoms with Crippen LogP contribution in [0.3, 0.4) is 0 Å². The van der Waals surface area contributed by atoms with Crippen molar-refractivity contribution in [3.63, 3.8) is 0 Å². The highest BCUT2D eigenvalue weighted by Crippen LogP contribution is 2.24. The summed E-state index contributed by atoms with van der Waals surface area (Å²) in [7, 11) is 0. The van der Waals surface area contributed by atoms with Gasteiger partial charge in [-0.25, -0.2) is 8.78 Å². The van der Waals surface area contributed by atoms with Crippen molar-refractivity contribution in [3.8, 4) is 0 Å². The van der Waals surface area contributed by atoms with E-state index < -0.39 is 12.0 Å². The zero-order valence-electron chi connectivity index (χ0n) is 14.0. The largest absolute Gasteiger partial charge is 0.459 e. The number of hydrogen-bond donors (Lipinski definition) is 0. The van der Waals surface area contributed by atoms with Crippen LogP contribution in [0, 0.1) is 5.92 Å². The van der Waals surface area contributed by atoms with Gasteiger partial charge in [-0.3, -0.25) is 4.79 Å². The molecule has 0 aromatic carbocycles. The first-order valence-corrected chi connectivity index (χ1v) is 8.81. The number of unbranched alkanes of at least 4 members (excludes halogenated alkanes) is 3. The van der Waals surface area contributed by atoms with Crippen molar-refractivity contribution in [2.24, 2.45) is 5.92 Å². The zero-order chi connectivity index (χ0) is 16.5. The predicted octanol–water partition coefficient (Wildman–Crippen LogP) is 5.30. The molecule has 0 N–H and O–H groups in total. The number of ether oxygens (including phenoxy) is 1. The molecule has 0 aliphatic rings. The highest BCUT2D eigenvalue weighted by atomic mass is 32.2. The molecular formula is C16H30F2O2S. The average Bonchev–Trinajstić information content (AvgIpc) is 2.29. The van der Waals surface area contributed by atoms with Crippen LogP contribution in [0.1, 0.15) is 66.7 Å². The van der Waals surface area contributed by atoms with Crippen molar-refractivity contribution in [3.05, 3.63) is 0 Å². The second-order valence-electron chi connectivity index (χ2n) is 6.66. The van der Waals surface area contributed by atoms with Crippen molar-refractivity contribution < 1.29 is 18.3 Å². The lowest BCUT2D eigenvalue weighted by molar-refractivity contribution is -0.154. The molecule has 0 fully saturated rings. The third kappa shape index (κ3) is 12.0. The van der Waals surface area contributed by atoms with Crippen molar-refractivity contribution in [1.29, 1.82) is 0 Å². The van der Waals surface area contributed by atoms with Gasteiger partial charge < -0.3 is 4.74 Å². The number of rotatable bonds is 10. The van der Waals surface area contributed by atoms with Crippen LogP contribution >= 0.6 is 11.8 Å². The quantitative estimate of drug-likeness (QED) is 0.403. The van der Waals surface area contributed by atoms with Gasteiger partial charge in [0.2, 0.25) is 6.43 Å². The van der Waals surface area contributed by atoms with E-state index in [1.54, 1.807) is 11.8 Å². The summed E-state index contributed by atoms with van der Waals surface area (Å²) >= 11 is 1.62. The van der Waals surface area contributed by atoms with E-state index in [1.165, 1.54) is 0 Å². The molecule has 0 bridgehead atoms. The summed E-state index contributed by atoms with van der Waals surface area (Å²) in [4.78, 5) is 12.1. The van der Waals surface area contributed by atoms with Gasteiger partial charge in [0.05, 0.1) is 0 Å². The first-order chi connectivity index (χ1) is 9.63. The fourth-order valence-corrected chi connectivity index (χ4v) is 3.05. The van der Waals surface area contributed by atoms with E-state index in [4.69, 9.17) is 4.74 Å². The molecule has 0 radical (unpaired) electrons. The lowest BCUT2D eigenvalue weighted by Gasteiger charge is -2.25. The smallest absolute Gasteiger partial charge is 0.319 e. The monoisotopic (exact) mass is 324 g/mol. The molecule has 0 aromatic heterocycles. The van der Waals surface area contributed by atoms with Gasteiger partial charge in [0.15, 0.2) is 0 Å². The fourth-order valence-electron chi connectivity index (χ4n) is 1.86. The van der Waals surface area contributed by atoms with E-state index in [-0.39, 0.29) is 23.6 Å².